The molecule has 0 aliphatic carbocycles. The number of hydrogen-bond acceptors (Lipinski definition) is 2. The fourth-order valence-corrected chi connectivity index (χ4v) is 4.19. The van der Waals surface area contributed by atoms with Crippen molar-refractivity contribution in [2.75, 3.05) is 13.1 Å². The zero-order valence-corrected chi connectivity index (χ0v) is 14.0. The average Bonchev–Trinajstić information content (AvgIpc) is 2.62. The third-order valence-corrected chi connectivity index (χ3v) is 5.98. The van der Waals surface area contributed by atoms with Gasteiger partial charge in [0.1, 0.15) is 0 Å². The van der Waals surface area contributed by atoms with E-state index in [0.29, 0.717) is 12.5 Å². The molecule has 0 unspecified atom stereocenters. The van der Waals surface area contributed by atoms with Gasteiger partial charge in [0.2, 0.25) is 10.0 Å². The second-order valence-corrected chi connectivity index (χ2v) is 7.67. The van der Waals surface area contributed by atoms with Crippen LogP contribution >= 0.6 is 0 Å². The van der Waals surface area contributed by atoms with Crippen LogP contribution in [0.2, 0.25) is 0 Å². The van der Waals surface area contributed by atoms with Crippen LogP contribution in [0.1, 0.15) is 17.5 Å². The summed E-state index contributed by atoms with van der Waals surface area (Å²) in [5.74, 6) is 0. The Morgan fingerprint density at radius 1 is 0.960 bits per heavy atom. The minimum atomic E-state index is -4.58. The Bertz CT molecular complexity index is 890. The maximum atomic E-state index is 12.8. The smallest absolute Gasteiger partial charge is 0.207 e. The highest BCUT2D eigenvalue weighted by atomic mass is 32.2. The summed E-state index contributed by atoms with van der Waals surface area (Å²) in [5.41, 5.74) is 1.10. The van der Waals surface area contributed by atoms with Gasteiger partial charge in [0.05, 0.1) is 10.5 Å². The average molecular weight is 367 g/mol. The molecular formula is C18H16F3NO2S. The summed E-state index contributed by atoms with van der Waals surface area (Å²) in [4.78, 5) is -0.334. The van der Waals surface area contributed by atoms with E-state index in [1.807, 2.05) is 36.4 Å². The summed E-state index contributed by atoms with van der Waals surface area (Å²) >= 11 is 0. The van der Waals surface area contributed by atoms with E-state index in [1.165, 1.54) is 10.4 Å². The Morgan fingerprint density at radius 3 is 2.28 bits per heavy atom. The predicted molar refractivity (Wildman–Crippen MR) is 89.2 cm³/mol. The minimum absolute atomic E-state index is 0.142. The van der Waals surface area contributed by atoms with Crippen LogP contribution in [0.25, 0.3) is 5.57 Å². The van der Waals surface area contributed by atoms with Crippen molar-refractivity contribution in [3.63, 3.8) is 0 Å². The Labute approximate surface area is 144 Å². The topological polar surface area (TPSA) is 37.4 Å². The van der Waals surface area contributed by atoms with Crippen molar-refractivity contribution in [3.8, 4) is 0 Å². The van der Waals surface area contributed by atoms with Gasteiger partial charge in [-0.2, -0.15) is 17.5 Å². The Balaban J connectivity index is 1.84. The van der Waals surface area contributed by atoms with Crippen LogP contribution < -0.4 is 0 Å². The van der Waals surface area contributed by atoms with Gasteiger partial charge < -0.3 is 0 Å². The van der Waals surface area contributed by atoms with Crippen LogP contribution in [0.5, 0.6) is 0 Å². The highest BCUT2D eigenvalue weighted by Gasteiger charge is 2.33. The molecule has 0 saturated heterocycles. The van der Waals surface area contributed by atoms with E-state index in [2.05, 4.69) is 0 Å². The largest absolute Gasteiger partial charge is 0.416 e. The zero-order chi connectivity index (χ0) is 18.1. The van der Waals surface area contributed by atoms with Crippen LogP contribution in [0.3, 0.4) is 0 Å². The lowest BCUT2D eigenvalue weighted by Crippen LogP contribution is -2.34. The monoisotopic (exact) mass is 367 g/mol. The SMILES string of the molecule is O=S(=O)(c1cccc(C(F)(F)F)c1)N1CC=C(c2ccccc2)CC1. The van der Waals surface area contributed by atoms with Gasteiger partial charge in [-0.1, -0.05) is 42.5 Å². The lowest BCUT2D eigenvalue weighted by atomic mass is 10.0. The van der Waals surface area contributed by atoms with Gasteiger partial charge in [0.15, 0.2) is 0 Å². The Hall–Kier alpha value is -2.12. The predicted octanol–water partition coefficient (Wildman–Crippen LogP) is 4.18. The summed E-state index contributed by atoms with van der Waals surface area (Å²) in [6.07, 6.45) is -2.25. The molecule has 25 heavy (non-hydrogen) atoms. The molecule has 0 N–H and O–H groups in total. The van der Waals surface area contributed by atoms with Crippen molar-refractivity contribution < 1.29 is 21.6 Å². The number of alkyl halides is 3. The van der Waals surface area contributed by atoms with E-state index in [4.69, 9.17) is 0 Å². The van der Waals surface area contributed by atoms with Crippen molar-refractivity contribution in [2.24, 2.45) is 0 Å². The second kappa shape index (κ2) is 6.65. The number of halogens is 3. The van der Waals surface area contributed by atoms with Crippen molar-refractivity contribution in [1.29, 1.82) is 0 Å². The van der Waals surface area contributed by atoms with Gasteiger partial charge in [-0.15, -0.1) is 0 Å². The molecule has 2 aromatic carbocycles. The van der Waals surface area contributed by atoms with Gasteiger partial charge in [0.25, 0.3) is 0 Å². The first-order valence-electron chi connectivity index (χ1n) is 7.70. The third-order valence-electron chi connectivity index (χ3n) is 4.12. The van der Waals surface area contributed by atoms with E-state index >= 15 is 0 Å². The summed E-state index contributed by atoms with van der Waals surface area (Å²) < 4.78 is 64.9. The molecule has 0 amide bonds. The van der Waals surface area contributed by atoms with E-state index in [1.54, 1.807) is 0 Å². The maximum absolute atomic E-state index is 12.8. The summed E-state index contributed by atoms with van der Waals surface area (Å²) in [6.45, 7) is 0.377. The van der Waals surface area contributed by atoms with E-state index in [0.717, 1.165) is 23.3 Å². The zero-order valence-electron chi connectivity index (χ0n) is 13.2. The lowest BCUT2D eigenvalue weighted by molar-refractivity contribution is -0.137. The first-order valence-corrected chi connectivity index (χ1v) is 9.14. The highest BCUT2D eigenvalue weighted by Crippen LogP contribution is 2.32. The third kappa shape index (κ3) is 3.77. The molecule has 3 rings (SSSR count). The molecule has 132 valence electrons. The lowest BCUT2D eigenvalue weighted by Gasteiger charge is -2.26. The van der Waals surface area contributed by atoms with Gasteiger partial charge in [-0.25, -0.2) is 8.42 Å². The van der Waals surface area contributed by atoms with Crippen molar-refractivity contribution in [3.05, 3.63) is 71.8 Å². The van der Waals surface area contributed by atoms with Crippen LogP contribution in [0.4, 0.5) is 13.2 Å². The van der Waals surface area contributed by atoms with Crippen LogP contribution in [-0.4, -0.2) is 25.8 Å². The Kier molecular flexibility index (Phi) is 4.71. The highest BCUT2D eigenvalue weighted by molar-refractivity contribution is 7.89. The first kappa shape index (κ1) is 17.7. The molecule has 0 radical (unpaired) electrons. The number of rotatable bonds is 3. The summed E-state index contributed by atoms with van der Waals surface area (Å²) in [6, 6.07) is 13.5. The van der Waals surface area contributed by atoms with E-state index in [-0.39, 0.29) is 18.0 Å². The number of hydrogen-bond donors (Lipinski definition) is 0. The van der Waals surface area contributed by atoms with E-state index < -0.39 is 21.8 Å². The molecule has 1 aliphatic heterocycles. The molecule has 3 nitrogen and oxygen atoms in total. The summed E-state index contributed by atoms with van der Waals surface area (Å²) in [5, 5.41) is 0. The molecular weight excluding hydrogens is 351 g/mol. The quantitative estimate of drug-likeness (QED) is 0.816. The molecule has 1 heterocycles. The van der Waals surface area contributed by atoms with Crippen molar-refractivity contribution >= 4 is 15.6 Å². The molecule has 0 atom stereocenters. The van der Waals surface area contributed by atoms with Crippen LogP contribution in [0.15, 0.2) is 65.6 Å². The van der Waals surface area contributed by atoms with Gasteiger partial charge in [-0.3, -0.25) is 0 Å². The Morgan fingerprint density at radius 2 is 1.68 bits per heavy atom. The molecule has 2 aromatic rings. The first-order chi connectivity index (χ1) is 11.8. The molecule has 7 heteroatoms. The van der Waals surface area contributed by atoms with E-state index in [9.17, 15) is 21.6 Å². The molecule has 0 fully saturated rings. The molecule has 0 aromatic heterocycles. The fourth-order valence-electron chi connectivity index (χ4n) is 2.77. The standard InChI is InChI=1S/C18H16F3NO2S/c19-18(20,21)16-7-4-8-17(13-16)25(23,24)22-11-9-15(10-12-22)14-5-2-1-3-6-14/h1-9,13H,10-12H2. The van der Waals surface area contributed by atoms with Gasteiger partial charge in [-0.05, 0) is 35.8 Å². The van der Waals surface area contributed by atoms with Gasteiger partial charge >= 0.3 is 6.18 Å². The molecule has 0 spiro atoms. The summed E-state index contributed by atoms with van der Waals surface area (Å²) in [7, 11) is -3.96. The number of sulfonamides is 1. The number of benzene rings is 2. The van der Waals surface area contributed by atoms with Gasteiger partial charge in [0, 0.05) is 13.1 Å². The number of nitrogens with zero attached hydrogens (tertiary/aromatic N) is 1. The minimum Gasteiger partial charge on any atom is -0.207 e. The molecule has 0 bridgehead atoms. The van der Waals surface area contributed by atoms with Crippen LogP contribution in [0, 0.1) is 0 Å². The normalized spacial score (nSPS) is 16.5. The molecule has 0 saturated carbocycles. The van der Waals surface area contributed by atoms with Crippen molar-refractivity contribution in [1.82, 2.24) is 4.31 Å². The molecule has 1 aliphatic rings. The second-order valence-electron chi connectivity index (χ2n) is 5.73. The fraction of sp³-hybridized carbons (Fsp3) is 0.222. The van der Waals surface area contributed by atoms with Crippen LogP contribution in [-0.2, 0) is 16.2 Å². The maximum Gasteiger partial charge on any atom is 0.416 e. The van der Waals surface area contributed by atoms with Crippen molar-refractivity contribution in [2.45, 2.75) is 17.5 Å².